The topological polar surface area (TPSA) is 98.2 Å². The number of anilines is 4. The minimum atomic E-state index is 0.377. The van der Waals surface area contributed by atoms with E-state index in [9.17, 15) is 0 Å². The molecule has 1 aliphatic rings. The number of aromatic nitrogens is 4. The van der Waals surface area contributed by atoms with Crippen molar-refractivity contribution in [2.24, 2.45) is 0 Å². The Morgan fingerprint density at radius 2 is 1.81 bits per heavy atom. The summed E-state index contributed by atoms with van der Waals surface area (Å²) in [5.74, 6) is 3.48. The maximum atomic E-state index is 5.37. The van der Waals surface area contributed by atoms with Crippen LogP contribution in [0.5, 0.6) is 11.5 Å². The van der Waals surface area contributed by atoms with Crippen LogP contribution in [-0.2, 0) is 0 Å². The van der Waals surface area contributed by atoms with Gasteiger partial charge in [-0.25, -0.2) is 9.67 Å². The lowest BCUT2D eigenvalue weighted by Crippen LogP contribution is -2.30. The number of hydrogen-bond donors (Lipinski definition) is 3. The van der Waals surface area contributed by atoms with Crippen molar-refractivity contribution in [3.05, 3.63) is 41.7 Å². The van der Waals surface area contributed by atoms with E-state index < -0.39 is 0 Å². The molecule has 31 heavy (non-hydrogen) atoms. The van der Waals surface area contributed by atoms with E-state index in [1.54, 1.807) is 20.4 Å². The molecule has 1 saturated heterocycles. The molecule has 1 aliphatic heterocycles. The molecule has 164 valence electrons. The molecule has 0 unspecified atom stereocenters. The highest BCUT2D eigenvalue weighted by molar-refractivity contribution is 5.62. The van der Waals surface area contributed by atoms with Gasteiger partial charge in [-0.2, -0.15) is 10.1 Å². The van der Waals surface area contributed by atoms with Crippen LogP contribution in [0.1, 0.15) is 30.1 Å². The lowest BCUT2D eigenvalue weighted by molar-refractivity contribution is 0.346. The van der Waals surface area contributed by atoms with Gasteiger partial charge in [0, 0.05) is 23.5 Å². The highest BCUT2D eigenvalue weighted by Gasteiger charge is 2.22. The minimum Gasteiger partial charge on any atom is -0.493 e. The molecule has 9 heteroatoms. The van der Waals surface area contributed by atoms with Gasteiger partial charge in [0.25, 0.3) is 0 Å². The van der Waals surface area contributed by atoms with Crippen molar-refractivity contribution < 1.29 is 9.47 Å². The van der Waals surface area contributed by atoms with Crippen LogP contribution in [0.3, 0.4) is 0 Å². The summed E-state index contributed by atoms with van der Waals surface area (Å²) in [4.78, 5) is 8.99. The summed E-state index contributed by atoms with van der Waals surface area (Å²) in [7, 11) is 3.22. The average molecular weight is 424 g/mol. The van der Waals surface area contributed by atoms with Crippen LogP contribution in [0.2, 0.25) is 0 Å². The number of piperidine rings is 1. The number of aryl methyl sites for hydroxylation is 1. The number of rotatable bonds is 7. The molecule has 3 aromatic rings. The predicted octanol–water partition coefficient (Wildman–Crippen LogP) is 3.72. The zero-order valence-corrected chi connectivity index (χ0v) is 18.4. The number of ether oxygens (including phenoxy) is 2. The van der Waals surface area contributed by atoms with Gasteiger partial charge in [-0.05, 0) is 58.0 Å². The summed E-state index contributed by atoms with van der Waals surface area (Å²) in [5, 5.41) is 14.9. The van der Waals surface area contributed by atoms with Crippen molar-refractivity contribution in [1.29, 1.82) is 0 Å². The Balaban J connectivity index is 1.56. The number of methoxy groups -OCH3 is 2. The van der Waals surface area contributed by atoms with Crippen LogP contribution < -0.4 is 25.4 Å². The Hall–Kier alpha value is -3.33. The first kappa shape index (κ1) is 20.9. The standard InChI is InChI=1S/C22H29N7O2/c1-14-15(2)28-29(17-7-10-23-11-8-17)21(14)26-20-9-12-24-22(27-20)25-16-5-6-18(30-3)19(13-16)31-4/h5-6,9,12-13,17,23H,7-8,10-11H2,1-4H3,(H2,24,25,26,27). The molecule has 0 atom stereocenters. The van der Waals surface area contributed by atoms with Gasteiger partial charge in [-0.1, -0.05) is 0 Å². The van der Waals surface area contributed by atoms with Crippen molar-refractivity contribution in [1.82, 2.24) is 25.1 Å². The Morgan fingerprint density at radius 1 is 1.03 bits per heavy atom. The first-order valence-corrected chi connectivity index (χ1v) is 10.4. The molecule has 1 fully saturated rings. The zero-order valence-electron chi connectivity index (χ0n) is 18.4. The fraction of sp³-hybridized carbons (Fsp3) is 0.409. The molecule has 4 rings (SSSR count). The Bertz CT molecular complexity index is 1040. The summed E-state index contributed by atoms with van der Waals surface area (Å²) in [6.45, 7) is 6.15. The first-order chi connectivity index (χ1) is 15.1. The van der Waals surface area contributed by atoms with E-state index in [1.165, 1.54) is 0 Å². The third kappa shape index (κ3) is 4.56. The summed E-state index contributed by atoms with van der Waals surface area (Å²) in [5.41, 5.74) is 2.96. The van der Waals surface area contributed by atoms with Crippen LogP contribution in [0.15, 0.2) is 30.5 Å². The monoisotopic (exact) mass is 423 g/mol. The molecule has 0 amide bonds. The van der Waals surface area contributed by atoms with Gasteiger partial charge in [-0.3, -0.25) is 0 Å². The van der Waals surface area contributed by atoms with Crippen LogP contribution in [0.25, 0.3) is 0 Å². The second kappa shape index (κ2) is 9.22. The van der Waals surface area contributed by atoms with Crippen LogP contribution in [0.4, 0.5) is 23.3 Å². The summed E-state index contributed by atoms with van der Waals surface area (Å²) in [6.07, 6.45) is 3.85. The second-order valence-corrected chi connectivity index (χ2v) is 7.57. The van der Waals surface area contributed by atoms with E-state index in [2.05, 4.69) is 37.5 Å². The fourth-order valence-electron chi connectivity index (χ4n) is 3.75. The highest BCUT2D eigenvalue weighted by Crippen LogP contribution is 2.32. The van der Waals surface area contributed by atoms with Gasteiger partial charge in [-0.15, -0.1) is 0 Å². The minimum absolute atomic E-state index is 0.377. The largest absolute Gasteiger partial charge is 0.493 e. The van der Waals surface area contributed by atoms with Gasteiger partial charge in [0.15, 0.2) is 11.5 Å². The van der Waals surface area contributed by atoms with Crippen molar-refractivity contribution >= 4 is 23.3 Å². The van der Waals surface area contributed by atoms with E-state index in [0.29, 0.717) is 29.3 Å². The molecular formula is C22H29N7O2. The Morgan fingerprint density at radius 3 is 2.55 bits per heavy atom. The highest BCUT2D eigenvalue weighted by atomic mass is 16.5. The summed E-state index contributed by atoms with van der Waals surface area (Å²) < 4.78 is 12.8. The Kier molecular flexibility index (Phi) is 6.22. The van der Waals surface area contributed by atoms with Crippen LogP contribution in [-0.4, -0.2) is 47.1 Å². The molecule has 0 aliphatic carbocycles. The summed E-state index contributed by atoms with van der Waals surface area (Å²) >= 11 is 0. The molecule has 3 N–H and O–H groups in total. The number of nitrogens with one attached hydrogen (secondary N) is 3. The van der Waals surface area contributed by atoms with Crippen molar-refractivity contribution in [3.8, 4) is 11.5 Å². The number of hydrogen-bond acceptors (Lipinski definition) is 8. The lowest BCUT2D eigenvalue weighted by atomic mass is 10.1. The van der Waals surface area contributed by atoms with E-state index in [4.69, 9.17) is 14.6 Å². The molecule has 0 spiro atoms. The van der Waals surface area contributed by atoms with Crippen molar-refractivity contribution in [3.63, 3.8) is 0 Å². The van der Waals surface area contributed by atoms with Gasteiger partial charge in [0.05, 0.1) is 26.0 Å². The van der Waals surface area contributed by atoms with E-state index in [0.717, 1.165) is 48.7 Å². The van der Waals surface area contributed by atoms with E-state index in [1.807, 2.05) is 31.2 Å². The number of nitrogens with zero attached hydrogens (tertiary/aromatic N) is 4. The van der Waals surface area contributed by atoms with E-state index >= 15 is 0 Å². The second-order valence-electron chi connectivity index (χ2n) is 7.57. The van der Waals surface area contributed by atoms with Gasteiger partial charge in [0.1, 0.15) is 11.6 Å². The lowest BCUT2D eigenvalue weighted by Gasteiger charge is -2.25. The van der Waals surface area contributed by atoms with Crippen molar-refractivity contribution in [2.45, 2.75) is 32.7 Å². The van der Waals surface area contributed by atoms with E-state index in [-0.39, 0.29) is 0 Å². The number of benzene rings is 1. The summed E-state index contributed by atoms with van der Waals surface area (Å²) in [6, 6.07) is 7.82. The maximum Gasteiger partial charge on any atom is 0.229 e. The van der Waals surface area contributed by atoms with Gasteiger partial charge >= 0.3 is 0 Å². The quantitative estimate of drug-likeness (QED) is 0.529. The van der Waals surface area contributed by atoms with Gasteiger partial charge in [0.2, 0.25) is 5.95 Å². The van der Waals surface area contributed by atoms with Crippen LogP contribution >= 0.6 is 0 Å². The van der Waals surface area contributed by atoms with Gasteiger partial charge < -0.3 is 25.4 Å². The maximum absolute atomic E-state index is 5.37. The molecule has 1 aromatic carbocycles. The molecule has 0 bridgehead atoms. The van der Waals surface area contributed by atoms with Crippen molar-refractivity contribution in [2.75, 3.05) is 37.9 Å². The molecule has 0 radical (unpaired) electrons. The average Bonchev–Trinajstić information content (AvgIpc) is 3.08. The zero-order chi connectivity index (χ0) is 21.8. The smallest absolute Gasteiger partial charge is 0.229 e. The molecular weight excluding hydrogens is 394 g/mol. The fourth-order valence-corrected chi connectivity index (χ4v) is 3.75. The SMILES string of the molecule is COc1ccc(Nc2nccc(Nc3c(C)c(C)nn3C3CCNCC3)n2)cc1OC. The molecule has 3 heterocycles. The normalized spacial score (nSPS) is 14.3. The third-order valence-corrected chi connectivity index (χ3v) is 5.58. The molecule has 2 aromatic heterocycles. The molecule has 0 saturated carbocycles. The Labute approximate surface area is 182 Å². The molecule has 9 nitrogen and oxygen atoms in total. The van der Waals surface area contributed by atoms with Crippen LogP contribution in [0, 0.1) is 13.8 Å². The third-order valence-electron chi connectivity index (χ3n) is 5.58. The first-order valence-electron chi connectivity index (χ1n) is 10.4. The predicted molar refractivity (Wildman–Crippen MR) is 121 cm³/mol.